The van der Waals surface area contributed by atoms with Crippen LogP contribution in [-0.4, -0.2) is 29.3 Å². The summed E-state index contributed by atoms with van der Waals surface area (Å²) in [5.41, 5.74) is 6.58. The molecule has 2 atom stereocenters. The van der Waals surface area contributed by atoms with Crippen molar-refractivity contribution in [3.63, 3.8) is 0 Å². The number of amidine groups is 1. The predicted octanol–water partition coefficient (Wildman–Crippen LogP) is 4.51. The van der Waals surface area contributed by atoms with Crippen LogP contribution in [0.4, 0.5) is 8.78 Å². The maximum absolute atomic E-state index is 15.6. The van der Waals surface area contributed by atoms with E-state index in [1.54, 1.807) is 36.5 Å². The molecule has 6 nitrogen and oxygen atoms in total. The highest BCUT2D eigenvalue weighted by Crippen LogP contribution is 2.55. The van der Waals surface area contributed by atoms with E-state index in [0.29, 0.717) is 11.3 Å². The molecule has 3 heterocycles. The average molecular weight is 463 g/mol. The molecule has 1 spiro atoms. The SMILES string of the molecule is Cc1ccc(C(=O)Cc2ccc3c(c2)[C@@]2(CC(c4ccccc4)O3)N=C(N)OCC2(F)F)nc1. The Hall–Kier alpha value is -3.81. The lowest BCUT2D eigenvalue weighted by Gasteiger charge is -2.45. The van der Waals surface area contributed by atoms with Crippen molar-refractivity contribution in [3.05, 3.63) is 94.8 Å². The number of aromatic nitrogens is 1. The number of fused-ring (bicyclic) bond motifs is 2. The van der Waals surface area contributed by atoms with Crippen LogP contribution in [0.15, 0.2) is 71.9 Å². The van der Waals surface area contributed by atoms with E-state index in [4.69, 9.17) is 15.2 Å². The average Bonchev–Trinajstić information content (AvgIpc) is 2.83. The molecule has 0 radical (unpaired) electrons. The molecule has 0 saturated heterocycles. The molecule has 1 unspecified atom stereocenters. The van der Waals surface area contributed by atoms with Crippen LogP contribution < -0.4 is 10.5 Å². The number of carbonyl (C=O) groups is 1. The summed E-state index contributed by atoms with van der Waals surface area (Å²) in [5, 5.41) is 0. The Morgan fingerprint density at radius 3 is 2.68 bits per heavy atom. The lowest BCUT2D eigenvalue weighted by molar-refractivity contribution is -0.139. The van der Waals surface area contributed by atoms with E-state index < -0.39 is 24.2 Å². The van der Waals surface area contributed by atoms with Gasteiger partial charge in [-0.15, -0.1) is 0 Å². The number of alkyl halides is 2. The molecule has 0 saturated carbocycles. The number of aryl methyl sites for hydroxylation is 1. The topological polar surface area (TPSA) is 86.8 Å². The van der Waals surface area contributed by atoms with Crippen molar-refractivity contribution < 1.29 is 23.0 Å². The number of ether oxygens (including phenoxy) is 2. The van der Waals surface area contributed by atoms with Gasteiger partial charge in [-0.2, -0.15) is 8.78 Å². The van der Waals surface area contributed by atoms with Gasteiger partial charge in [-0.1, -0.05) is 42.5 Å². The fourth-order valence-electron chi connectivity index (χ4n) is 4.49. The monoisotopic (exact) mass is 463 g/mol. The molecule has 3 aromatic rings. The number of benzene rings is 2. The summed E-state index contributed by atoms with van der Waals surface area (Å²) in [7, 11) is 0. The van der Waals surface area contributed by atoms with E-state index in [1.165, 1.54) is 0 Å². The molecule has 0 fully saturated rings. The fraction of sp³-hybridized carbons (Fsp3) is 0.269. The molecule has 2 aliphatic rings. The van der Waals surface area contributed by atoms with Crippen molar-refractivity contribution in [1.82, 2.24) is 4.98 Å². The normalized spacial score (nSPS) is 22.8. The molecule has 34 heavy (non-hydrogen) atoms. The summed E-state index contributed by atoms with van der Waals surface area (Å²) < 4.78 is 42.2. The van der Waals surface area contributed by atoms with Gasteiger partial charge < -0.3 is 15.2 Å². The van der Waals surface area contributed by atoms with E-state index in [-0.39, 0.29) is 36.0 Å². The molecule has 1 aromatic heterocycles. The first-order valence-corrected chi connectivity index (χ1v) is 10.9. The van der Waals surface area contributed by atoms with Gasteiger partial charge in [-0.3, -0.25) is 9.78 Å². The third-order valence-electron chi connectivity index (χ3n) is 6.28. The standard InChI is InChI=1S/C26H23F2N3O3/c1-16-7-9-20(30-14-16)21(32)12-17-8-10-22-19(11-17)25(26(27,28)15-33-24(29)31-25)13-23(34-22)18-5-3-2-4-6-18/h2-11,14,23H,12-13,15H2,1H3,(H2,29,31)/t23?,25-/m1/s1. The second kappa shape index (κ2) is 8.20. The zero-order chi connectivity index (χ0) is 23.9. The maximum atomic E-state index is 15.6. The predicted molar refractivity (Wildman–Crippen MR) is 122 cm³/mol. The van der Waals surface area contributed by atoms with Crippen LogP contribution in [0.1, 0.15) is 45.3 Å². The first-order valence-electron chi connectivity index (χ1n) is 10.9. The maximum Gasteiger partial charge on any atom is 0.310 e. The first kappa shape index (κ1) is 22.0. The van der Waals surface area contributed by atoms with Crippen LogP contribution in [0.3, 0.4) is 0 Å². The molecule has 2 aliphatic heterocycles. The molecule has 2 N–H and O–H groups in total. The molecule has 2 aromatic carbocycles. The first-order chi connectivity index (χ1) is 16.3. The summed E-state index contributed by atoms with van der Waals surface area (Å²) in [4.78, 5) is 21.1. The van der Waals surface area contributed by atoms with Crippen LogP contribution in [-0.2, 0) is 16.7 Å². The van der Waals surface area contributed by atoms with E-state index in [9.17, 15) is 4.79 Å². The molecule has 174 valence electrons. The zero-order valence-electron chi connectivity index (χ0n) is 18.5. The largest absolute Gasteiger partial charge is 0.485 e. The van der Waals surface area contributed by atoms with E-state index in [1.807, 2.05) is 37.3 Å². The van der Waals surface area contributed by atoms with Crippen molar-refractivity contribution in [2.75, 3.05) is 6.61 Å². The van der Waals surface area contributed by atoms with Crippen LogP contribution in [0, 0.1) is 6.92 Å². The Labute approximate surface area is 195 Å². The Morgan fingerprint density at radius 1 is 1.15 bits per heavy atom. The van der Waals surface area contributed by atoms with Crippen molar-refractivity contribution in [1.29, 1.82) is 0 Å². The van der Waals surface area contributed by atoms with Gasteiger partial charge in [0, 0.05) is 24.6 Å². The van der Waals surface area contributed by atoms with Gasteiger partial charge in [0.1, 0.15) is 17.5 Å². The molecule has 0 aliphatic carbocycles. The number of aliphatic imine (C=N–C) groups is 1. The molecule has 8 heteroatoms. The summed E-state index contributed by atoms with van der Waals surface area (Å²) in [6.07, 6.45) is 0.839. The number of hydrogen-bond donors (Lipinski definition) is 1. The summed E-state index contributed by atoms with van der Waals surface area (Å²) in [5.74, 6) is -3.28. The van der Waals surface area contributed by atoms with Gasteiger partial charge in [0.15, 0.2) is 17.9 Å². The van der Waals surface area contributed by atoms with E-state index in [2.05, 4.69) is 9.98 Å². The Morgan fingerprint density at radius 2 is 1.94 bits per heavy atom. The van der Waals surface area contributed by atoms with E-state index in [0.717, 1.165) is 11.1 Å². The highest BCUT2D eigenvalue weighted by molar-refractivity contribution is 5.95. The summed E-state index contributed by atoms with van der Waals surface area (Å²) in [6.45, 7) is 0.993. The van der Waals surface area contributed by atoms with Gasteiger partial charge in [0.2, 0.25) is 0 Å². The second-order valence-corrected chi connectivity index (χ2v) is 8.68. The number of rotatable bonds is 4. The molecule has 5 rings (SSSR count). The molecular weight excluding hydrogens is 440 g/mol. The van der Waals surface area contributed by atoms with Gasteiger partial charge in [-0.05, 0) is 41.8 Å². The number of halogens is 2. The number of hydrogen-bond acceptors (Lipinski definition) is 6. The van der Waals surface area contributed by atoms with Crippen molar-refractivity contribution in [3.8, 4) is 5.75 Å². The van der Waals surface area contributed by atoms with Crippen LogP contribution in [0.5, 0.6) is 5.75 Å². The highest BCUT2D eigenvalue weighted by atomic mass is 19.3. The quantitative estimate of drug-likeness (QED) is 0.575. The third-order valence-corrected chi connectivity index (χ3v) is 6.28. The second-order valence-electron chi connectivity index (χ2n) is 8.68. The Balaban J connectivity index is 1.57. The van der Waals surface area contributed by atoms with Gasteiger partial charge in [0.25, 0.3) is 6.02 Å². The van der Waals surface area contributed by atoms with Crippen LogP contribution in [0.25, 0.3) is 0 Å². The summed E-state index contributed by atoms with van der Waals surface area (Å²) in [6, 6.07) is 17.2. The third kappa shape index (κ3) is 3.79. The van der Waals surface area contributed by atoms with Crippen LogP contribution >= 0.6 is 0 Å². The van der Waals surface area contributed by atoms with Crippen LogP contribution in [0.2, 0.25) is 0 Å². The minimum absolute atomic E-state index is 0.00278. The van der Waals surface area contributed by atoms with Crippen molar-refractivity contribution >= 4 is 11.8 Å². The Kier molecular flexibility index (Phi) is 5.31. The fourth-order valence-corrected chi connectivity index (χ4v) is 4.49. The van der Waals surface area contributed by atoms with Gasteiger partial charge in [-0.25, -0.2) is 4.99 Å². The van der Waals surface area contributed by atoms with Crippen molar-refractivity contribution in [2.45, 2.75) is 37.3 Å². The Bertz CT molecular complexity index is 1260. The lowest BCUT2D eigenvalue weighted by Crippen LogP contribution is -2.55. The number of pyridine rings is 1. The van der Waals surface area contributed by atoms with Crippen molar-refractivity contribution in [2.24, 2.45) is 10.7 Å². The minimum atomic E-state index is -3.34. The molecule has 0 bridgehead atoms. The summed E-state index contributed by atoms with van der Waals surface area (Å²) >= 11 is 0. The smallest absolute Gasteiger partial charge is 0.310 e. The highest BCUT2D eigenvalue weighted by Gasteiger charge is 2.62. The van der Waals surface area contributed by atoms with Gasteiger partial charge in [0.05, 0.1) is 0 Å². The number of nitrogens with two attached hydrogens (primary N) is 1. The lowest BCUT2D eigenvalue weighted by atomic mass is 9.75. The van der Waals surface area contributed by atoms with E-state index >= 15 is 8.78 Å². The number of Topliss-reactive ketones (excluding diaryl/α,β-unsaturated/α-hetero) is 1. The number of ketones is 1. The molecular formula is C26H23F2N3O3. The number of nitrogens with zero attached hydrogens (tertiary/aromatic N) is 2. The minimum Gasteiger partial charge on any atom is -0.485 e. The zero-order valence-corrected chi connectivity index (χ0v) is 18.5. The number of carbonyl (C=O) groups excluding carboxylic acids is 1. The molecule has 0 amide bonds. The van der Waals surface area contributed by atoms with Gasteiger partial charge >= 0.3 is 5.92 Å².